The van der Waals surface area contributed by atoms with Gasteiger partial charge in [0.15, 0.2) is 0 Å². The van der Waals surface area contributed by atoms with Crippen molar-refractivity contribution < 1.29 is 9.50 Å². The molecule has 1 aromatic heterocycles. The summed E-state index contributed by atoms with van der Waals surface area (Å²) in [5, 5.41) is 14.3. The maximum absolute atomic E-state index is 13.1. The number of aliphatic hydroxyl groups excluding tert-OH is 1. The number of aromatic nitrogens is 3. The number of halogens is 1. The van der Waals surface area contributed by atoms with E-state index in [9.17, 15) is 9.50 Å². The third-order valence-corrected chi connectivity index (χ3v) is 4.11. The first-order valence-electron chi connectivity index (χ1n) is 7.71. The highest BCUT2D eigenvalue weighted by Gasteiger charge is 2.32. The normalized spacial score (nSPS) is 22.3. The van der Waals surface area contributed by atoms with E-state index >= 15 is 0 Å². The van der Waals surface area contributed by atoms with Crippen LogP contribution in [0.3, 0.4) is 0 Å². The zero-order valence-electron chi connectivity index (χ0n) is 12.7. The summed E-state index contributed by atoms with van der Waals surface area (Å²) in [5.74, 6) is 0.666. The van der Waals surface area contributed by atoms with Crippen LogP contribution in [0.5, 0.6) is 0 Å². The molecule has 6 heteroatoms. The lowest BCUT2D eigenvalue weighted by Gasteiger charge is -2.24. The molecule has 0 saturated carbocycles. The van der Waals surface area contributed by atoms with Crippen molar-refractivity contribution in [2.45, 2.75) is 45.0 Å². The summed E-state index contributed by atoms with van der Waals surface area (Å²) in [5.41, 5.74) is 1.03. The molecule has 0 amide bonds. The van der Waals surface area contributed by atoms with Crippen molar-refractivity contribution in [2.75, 3.05) is 6.54 Å². The van der Waals surface area contributed by atoms with Crippen molar-refractivity contribution in [3.63, 3.8) is 0 Å². The number of aryl methyl sites for hydroxylation is 1. The Hall–Kier alpha value is -1.79. The summed E-state index contributed by atoms with van der Waals surface area (Å²) in [6.45, 7) is 4.18. The fraction of sp³-hybridized carbons (Fsp3) is 0.500. The number of nitrogens with zero attached hydrogens (tertiary/aromatic N) is 4. The van der Waals surface area contributed by atoms with Crippen molar-refractivity contribution in [1.82, 2.24) is 19.7 Å². The van der Waals surface area contributed by atoms with Crippen LogP contribution in [0.15, 0.2) is 30.6 Å². The van der Waals surface area contributed by atoms with E-state index in [-0.39, 0.29) is 18.0 Å². The summed E-state index contributed by atoms with van der Waals surface area (Å²) in [6, 6.07) is 6.61. The number of benzene rings is 1. The van der Waals surface area contributed by atoms with Crippen molar-refractivity contribution in [2.24, 2.45) is 0 Å². The highest BCUT2D eigenvalue weighted by molar-refractivity contribution is 5.21. The Morgan fingerprint density at radius 2 is 2.09 bits per heavy atom. The van der Waals surface area contributed by atoms with Gasteiger partial charge >= 0.3 is 0 Å². The molecule has 118 valence electrons. The number of β-amino-alcohol motifs (C(OH)–C–C–N with tert-alkyl or cyclic N) is 1. The predicted octanol–water partition coefficient (Wildman–Crippen LogP) is 2.14. The SMILES string of the molecule is CCCn1ncnc1CN1C[C@@H](O)C[C@H]1c1ccc(F)cc1. The zero-order valence-corrected chi connectivity index (χ0v) is 12.7. The van der Waals surface area contributed by atoms with Crippen molar-refractivity contribution in [3.8, 4) is 0 Å². The van der Waals surface area contributed by atoms with Gasteiger partial charge in [-0.1, -0.05) is 19.1 Å². The van der Waals surface area contributed by atoms with Gasteiger partial charge in [-0.2, -0.15) is 5.10 Å². The van der Waals surface area contributed by atoms with Crippen LogP contribution in [0.1, 0.15) is 37.2 Å². The molecular weight excluding hydrogens is 283 g/mol. The summed E-state index contributed by atoms with van der Waals surface area (Å²) >= 11 is 0. The van der Waals surface area contributed by atoms with Crippen molar-refractivity contribution in [3.05, 3.63) is 47.8 Å². The molecule has 1 N–H and O–H groups in total. The van der Waals surface area contributed by atoms with Crippen molar-refractivity contribution in [1.29, 1.82) is 0 Å². The highest BCUT2D eigenvalue weighted by atomic mass is 19.1. The smallest absolute Gasteiger partial charge is 0.141 e. The van der Waals surface area contributed by atoms with E-state index in [1.54, 1.807) is 18.5 Å². The van der Waals surface area contributed by atoms with Gasteiger partial charge in [-0.3, -0.25) is 4.90 Å². The van der Waals surface area contributed by atoms with Crippen molar-refractivity contribution >= 4 is 0 Å². The Morgan fingerprint density at radius 3 is 2.82 bits per heavy atom. The monoisotopic (exact) mass is 304 g/mol. The van der Waals surface area contributed by atoms with E-state index in [1.807, 2.05) is 4.68 Å². The molecule has 0 radical (unpaired) electrons. The summed E-state index contributed by atoms with van der Waals surface area (Å²) in [6.07, 6.45) is 2.87. The van der Waals surface area contributed by atoms with Gasteiger partial charge in [0.1, 0.15) is 18.0 Å². The van der Waals surface area contributed by atoms with Crippen LogP contribution in [-0.2, 0) is 13.1 Å². The minimum Gasteiger partial charge on any atom is -0.392 e. The average molecular weight is 304 g/mol. The van der Waals surface area contributed by atoms with Gasteiger partial charge in [0.05, 0.1) is 12.6 Å². The van der Waals surface area contributed by atoms with Gasteiger partial charge < -0.3 is 5.11 Å². The Morgan fingerprint density at radius 1 is 1.32 bits per heavy atom. The van der Waals surface area contributed by atoms with Crippen LogP contribution < -0.4 is 0 Å². The molecule has 1 aliphatic rings. The maximum Gasteiger partial charge on any atom is 0.141 e. The average Bonchev–Trinajstić information content (AvgIpc) is 3.08. The number of rotatable bonds is 5. The van der Waals surface area contributed by atoms with Gasteiger partial charge in [0.25, 0.3) is 0 Å². The maximum atomic E-state index is 13.1. The molecule has 2 aromatic rings. The molecule has 1 aliphatic heterocycles. The number of hydrogen-bond donors (Lipinski definition) is 1. The largest absolute Gasteiger partial charge is 0.392 e. The first kappa shape index (κ1) is 15.1. The molecule has 5 nitrogen and oxygen atoms in total. The predicted molar refractivity (Wildman–Crippen MR) is 80.5 cm³/mol. The Balaban J connectivity index is 1.78. The van der Waals surface area contributed by atoms with E-state index in [0.29, 0.717) is 19.5 Å². The molecule has 1 fully saturated rings. The highest BCUT2D eigenvalue weighted by Crippen LogP contribution is 2.33. The molecule has 2 atom stereocenters. The first-order valence-corrected chi connectivity index (χ1v) is 7.71. The molecule has 0 bridgehead atoms. The summed E-state index contributed by atoms with van der Waals surface area (Å²) in [7, 11) is 0. The van der Waals surface area contributed by atoms with Gasteiger partial charge in [0, 0.05) is 19.1 Å². The van der Waals surface area contributed by atoms with Gasteiger partial charge in [0.2, 0.25) is 0 Å². The second-order valence-corrected chi connectivity index (χ2v) is 5.79. The zero-order chi connectivity index (χ0) is 15.5. The molecule has 3 rings (SSSR count). The Labute approximate surface area is 129 Å². The quantitative estimate of drug-likeness (QED) is 0.919. The fourth-order valence-electron chi connectivity index (χ4n) is 3.08. The lowest BCUT2D eigenvalue weighted by atomic mass is 10.0. The van der Waals surface area contributed by atoms with Gasteiger partial charge in [-0.25, -0.2) is 14.1 Å². The van der Waals surface area contributed by atoms with Crippen LogP contribution in [0.2, 0.25) is 0 Å². The minimum atomic E-state index is -0.363. The Bertz CT molecular complexity index is 613. The molecule has 0 aliphatic carbocycles. The molecule has 0 spiro atoms. The summed E-state index contributed by atoms with van der Waals surface area (Å²) in [4.78, 5) is 6.52. The van der Waals surface area contributed by atoms with E-state index in [2.05, 4.69) is 21.9 Å². The van der Waals surface area contributed by atoms with E-state index in [1.165, 1.54) is 12.1 Å². The van der Waals surface area contributed by atoms with Crippen LogP contribution >= 0.6 is 0 Å². The molecule has 1 saturated heterocycles. The van der Waals surface area contributed by atoms with E-state index in [0.717, 1.165) is 24.4 Å². The first-order chi connectivity index (χ1) is 10.7. The number of hydrogen-bond acceptors (Lipinski definition) is 4. The van der Waals surface area contributed by atoms with Gasteiger partial charge in [-0.05, 0) is 30.5 Å². The molecule has 22 heavy (non-hydrogen) atoms. The van der Waals surface area contributed by atoms with Crippen LogP contribution in [0.4, 0.5) is 4.39 Å². The minimum absolute atomic E-state index is 0.0855. The molecule has 1 aromatic carbocycles. The number of aliphatic hydroxyl groups is 1. The lowest BCUT2D eigenvalue weighted by Crippen LogP contribution is -2.26. The topological polar surface area (TPSA) is 54.2 Å². The summed E-state index contributed by atoms with van der Waals surface area (Å²) < 4.78 is 15.0. The standard InChI is InChI=1S/C16H21FN4O/c1-2-7-21-16(18-11-19-21)10-20-9-14(22)8-15(20)12-3-5-13(17)6-4-12/h3-6,11,14-15,22H,2,7-10H2,1H3/t14-,15-/m0/s1. The lowest BCUT2D eigenvalue weighted by molar-refractivity contribution is 0.170. The third-order valence-electron chi connectivity index (χ3n) is 4.11. The van der Waals surface area contributed by atoms with Crippen LogP contribution in [0, 0.1) is 5.82 Å². The molecular formula is C16H21FN4O. The van der Waals surface area contributed by atoms with Gasteiger partial charge in [-0.15, -0.1) is 0 Å². The molecule has 2 heterocycles. The Kier molecular flexibility index (Phi) is 4.49. The van der Waals surface area contributed by atoms with Crippen LogP contribution in [-0.4, -0.2) is 37.4 Å². The molecule has 0 unspecified atom stereocenters. The van der Waals surface area contributed by atoms with Crippen LogP contribution in [0.25, 0.3) is 0 Å². The number of likely N-dealkylation sites (tertiary alicyclic amines) is 1. The van der Waals surface area contributed by atoms with E-state index in [4.69, 9.17) is 0 Å². The van der Waals surface area contributed by atoms with E-state index < -0.39 is 0 Å². The second kappa shape index (κ2) is 6.54. The second-order valence-electron chi connectivity index (χ2n) is 5.79. The fourth-order valence-corrected chi connectivity index (χ4v) is 3.08. The third kappa shape index (κ3) is 3.18.